The van der Waals surface area contributed by atoms with E-state index in [1.807, 2.05) is 11.8 Å². The number of amides is 1. The first-order valence-electron chi connectivity index (χ1n) is 9.14. The van der Waals surface area contributed by atoms with Gasteiger partial charge in [-0.3, -0.25) is 9.69 Å². The van der Waals surface area contributed by atoms with Gasteiger partial charge in [0.05, 0.1) is 24.3 Å². The molecule has 0 spiro atoms. The number of rotatable bonds is 3. The number of fused-ring (bicyclic) bond motifs is 1. The zero-order valence-corrected chi connectivity index (χ0v) is 14.4. The van der Waals surface area contributed by atoms with Gasteiger partial charge in [-0.15, -0.1) is 0 Å². The number of aryl methyl sites for hydroxylation is 1. The molecule has 1 saturated carbocycles. The topological polar surface area (TPSA) is 58.6 Å². The number of nitrogens with zero attached hydrogens (tertiary/aromatic N) is 4. The minimum atomic E-state index is 0.0221. The maximum absolute atomic E-state index is 12.7. The molecule has 0 unspecified atom stereocenters. The van der Waals surface area contributed by atoms with Crippen molar-refractivity contribution in [3.8, 4) is 0 Å². The van der Waals surface area contributed by atoms with Crippen molar-refractivity contribution in [1.29, 1.82) is 0 Å². The van der Waals surface area contributed by atoms with E-state index in [0.29, 0.717) is 24.0 Å². The summed E-state index contributed by atoms with van der Waals surface area (Å²) in [4.78, 5) is 25.5. The van der Waals surface area contributed by atoms with Crippen LogP contribution in [-0.4, -0.2) is 70.6 Å². The summed E-state index contributed by atoms with van der Waals surface area (Å²) in [5.74, 6) is 1.54. The Morgan fingerprint density at radius 3 is 2.75 bits per heavy atom. The molecule has 2 aliphatic heterocycles. The van der Waals surface area contributed by atoms with E-state index in [4.69, 9.17) is 4.74 Å². The van der Waals surface area contributed by atoms with E-state index in [0.717, 1.165) is 25.6 Å². The smallest absolute Gasteiger partial charge is 0.257 e. The van der Waals surface area contributed by atoms with Crippen molar-refractivity contribution >= 4 is 5.91 Å². The van der Waals surface area contributed by atoms with Crippen LogP contribution in [0.5, 0.6) is 0 Å². The van der Waals surface area contributed by atoms with Crippen LogP contribution in [0.4, 0.5) is 0 Å². The van der Waals surface area contributed by atoms with Gasteiger partial charge in [0.15, 0.2) is 0 Å². The largest absolute Gasteiger partial charge is 0.373 e. The predicted octanol–water partition coefficient (Wildman–Crippen LogP) is 1.50. The minimum Gasteiger partial charge on any atom is -0.373 e. The van der Waals surface area contributed by atoms with Gasteiger partial charge in [0.2, 0.25) is 0 Å². The number of hydrogen-bond donors (Lipinski definition) is 0. The highest BCUT2D eigenvalue weighted by atomic mass is 16.5. The summed E-state index contributed by atoms with van der Waals surface area (Å²) in [5.41, 5.74) is 0.571. The van der Waals surface area contributed by atoms with Crippen molar-refractivity contribution in [2.24, 2.45) is 5.92 Å². The fourth-order valence-corrected chi connectivity index (χ4v) is 4.36. The summed E-state index contributed by atoms with van der Waals surface area (Å²) in [7, 11) is 0. The van der Waals surface area contributed by atoms with Crippen molar-refractivity contribution < 1.29 is 9.53 Å². The lowest BCUT2D eigenvalue weighted by Crippen LogP contribution is -2.52. The molecule has 130 valence electrons. The zero-order chi connectivity index (χ0) is 16.5. The van der Waals surface area contributed by atoms with E-state index in [1.165, 1.54) is 32.2 Å². The second-order valence-corrected chi connectivity index (χ2v) is 7.35. The van der Waals surface area contributed by atoms with Crippen LogP contribution in [0, 0.1) is 12.8 Å². The van der Waals surface area contributed by atoms with E-state index in [-0.39, 0.29) is 12.0 Å². The molecule has 0 bridgehead atoms. The number of morpholine rings is 1. The molecule has 0 radical (unpaired) electrons. The van der Waals surface area contributed by atoms with Gasteiger partial charge in [-0.25, -0.2) is 9.97 Å². The SMILES string of the molecule is Cc1ncc(C(=O)N2C[C@@H]3OCCN(CC4CCCC4)[C@H]3C2)cn1. The van der Waals surface area contributed by atoms with Crippen molar-refractivity contribution in [1.82, 2.24) is 19.8 Å². The van der Waals surface area contributed by atoms with E-state index < -0.39 is 0 Å². The van der Waals surface area contributed by atoms with Crippen LogP contribution in [0.3, 0.4) is 0 Å². The van der Waals surface area contributed by atoms with Crippen LogP contribution in [0.15, 0.2) is 12.4 Å². The molecule has 4 rings (SSSR count). The fraction of sp³-hybridized carbons (Fsp3) is 0.722. The highest BCUT2D eigenvalue weighted by molar-refractivity contribution is 5.93. The number of carbonyl (C=O) groups excluding carboxylic acids is 1. The molecule has 6 heteroatoms. The maximum atomic E-state index is 12.7. The summed E-state index contributed by atoms with van der Waals surface area (Å²) in [5, 5.41) is 0. The Morgan fingerprint density at radius 1 is 1.25 bits per heavy atom. The monoisotopic (exact) mass is 330 g/mol. The summed E-state index contributed by atoms with van der Waals surface area (Å²) in [6.07, 6.45) is 8.88. The van der Waals surface area contributed by atoms with Gasteiger partial charge in [-0.05, 0) is 25.7 Å². The number of likely N-dealkylation sites (tertiary alicyclic amines) is 1. The van der Waals surface area contributed by atoms with Gasteiger partial charge in [0.25, 0.3) is 5.91 Å². The Labute approximate surface area is 143 Å². The van der Waals surface area contributed by atoms with Crippen LogP contribution in [0.1, 0.15) is 41.9 Å². The lowest BCUT2D eigenvalue weighted by Gasteiger charge is -2.38. The Morgan fingerprint density at radius 2 is 2.00 bits per heavy atom. The minimum absolute atomic E-state index is 0.0221. The molecular weight excluding hydrogens is 304 g/mol. The summed E-state index contributed by atoms with van der Waals surface area (Å²) >= 11 is 0. The standard InChI is InChI=1S/C18H26N4O2/c1-13-19-8-15(9-20-13)18(23)22-11-16-17(12-22)24-7-6-21(16)10-14-4-2-3-5-14/h8-9,14,16-17H,2-7,10-12H2,1H3/t16-,17-/m0/s1. The third-order valence-corrected chi connectivity index (χ3v) is 5.70. The summed E-state index contributed by atoms with van der Waals surface area (Å²) in [6, 6.07) is 0.342. The number of carbonyl (C=O) groups is 1. The van der Waals surface area contributed by atoms with Crippen LogP contribution < -0.4 is 0 Å². The van der Waals surface area contributed by atoms with Gasteiger partial charge in [0.1, 0.15) is 5.82 Å². The number of hydrogen-bond acceptors (Lipinski definition) is 5. The fourth-order valence-electron chi connectivity index (χ4n) is 4.36. The molecule has 2 atom stereocenters. The van der Waals surface area contributed by atoms with Gasteiger partial charge in [-0.1, -0.05) is 12.8 Å². The highest BCUT2D eigenvalue weighted by Gasteiger charge is 2.42. The Kier molecular flexibility index (Phi) is 4.50. The maximum Gasteiger partial charge on any atom is 0.257 e. The van der Waals surface area contributed by atoms with E-state index >= 15 is 0 Å². The third kappa shape index (κ3) is 3.17. The van der Waals surface area contributed by atoms with E-state index in [1.54, 1.807) is 12.4 Å². The van der Waals surface area contributed by atoms with Crippen LogP contribution in [0.25, 0.3) is 0 Å². The summed E-state index contributed by atoms with van der Waals surface area (Å²) in [6.45, 7) is 6.20. The normalized spacial score (nSPS) is 28.3. The quantitative estimate of drug-likeness (QED) is 0.841. The highest BCUT2D eigenvalue weighted by Crippen LogP contribution is 2.30. The lowest BCUT2D eigenvalue weighted by molar-refractivity contribution is -0.0516. The number of aromatic nitrogens is 2. The molecule has 2 saturated heterocycles. The molecule has 0 aromatic carbocycles. The van der Waals surface area contributed by atoms with Gasteiger partial charge in [0, 0.05) is 38.6 Å². The van der Waals surface area contributed by atoms with Crippen molar-refractivity contribution in [3.05, 3.63) is 23.8 Å². The molecule has 1 amide bonds. The average Bonchev–Trinajstić information content (AvgIpc) is 3.24. The first kappa shape index (κ1) is 16.0. The first-order chi connectivity index (χ1) is 11.7. The van der Waals surface area contributed by atoms with Crippen molar-refractivity contribution in [2.45, 2.75) is 44.8 Å². The molecule has 1 aliphatic carbocycles. The molecule has 1 aromatic rings. The van der Waals surface area contributed by atoms with Crippen LogP contribution in [-0.2, 0) is 4.74 Å². The lowest BCUT2D eigenvalue weighted by atomic mass is 10.0. The van der Waals surface area contributed by atoms with Crippen LogP contribution in [0.2, 0.25) is 0 Å². The Hall–Kier alpha value is -1.53. The molecular formula is C18H26N4O2. The molecule has 0 N–H and O–H groups in total. The molecule has 24 heavy (non-hydrogen) atoms. The molecule has 3 heterocycles. The third-order valence-electron chi connectivity index (χ3n) is 5.70. The van der Waals surface area contributed by atoms with E-state index in [2.05, 4.69) is 14.9 Å². The zero-order valence-electron chi connectivity index (χ0n) is 14.4. The second-order valence-electron chi connectivity index (χ2n) is 7.35. The Balaban J connectivity index is 1.43. The molecule has 6 nitrogen and oxygen atoms in total. The summed E-state index contributed by atoms with van der Waals surface area (Å²) < 4.78 is 5.97. The molecule has 3 fully saturated rings. The van der Waals surface area contributed by atoms with Gasteiger partial charge >= 0.3 is 0 Å². The first-order valence-corrected chi connectivity index (χ1v) is 9.14. The molecule has 1 aromatic heterocycles. The Bertz CT molecular complexity index is 585. The van der Waals surface area contributed by atoms with Crippen molar-refractivity contribution in [3.63, 3.8) is 0 Å². The molecule has 3 aliphatic rings. The second kappa shape index (κ2) is 6.76. The average molecular weight is 330 g/mol. The van der Waals surface area contributed by atoms with E-state index in [9.17, 15) is 4.79 Å². The van der Waals surface area contributed by atoms with Crippen molar-refractivity contribution in [2.75, 3.05) is 32.8 Å². The van der Waals surface area contributed by atoms with Gasteiger partial charge < -0.3 is 9.64 Å². The number of ether oxygens (including phenoxy) is 1. The van der Waals surface area contributed by atoms with Crippen LogP contribution >= 0.6 is 0 Å². The van der Waals surface area contributed by atoms with Gasteiger partial charge in [-0.2, -0.15) is 0 Å². The predicted molar refractivity (Wildman–Crippen MR) is 89.7 cm³/mol.